The van der Waals surface area contributed by atoms with Crippen LogP contribution in [0.3, 0.4) is 0 Å². The van der Waals surface area contributed by atoms with Crippen molar-refractivity contribution < 1.29 is 9.52 Å². The summed E-state index contributed by atoms with van der Waals surface area (Å²) in [4.78, 5) is 8.70. The number of para-hydroxylation sites is 1. The van der Waals surface area contributed by atoms with Crippen LogP contribution in [0.5, 0.6) is 5.95 Å². The van der Waals surface area contributed by atoms with Crippen molar-refractivity contribution >= 4 is 23.6 Å². The minimum Gasteiger partial charge on any atom is -0.479 e. The number of allylic oxidation sites excluding steroid dienone is 1. The first-order valence-corrected chi connectivity index (χ1v) is 6.91. The molecular weight excluding hydrogens is 276 g/mol. The van der Waals surface area contributed by atoms with Crippen LogP contribution in [0.1, 0.15) is 11.3 Å². The van der Waals surface area contributed by atoms with E-state index in [-0.39, 0.29) is 5.95 Å². The molecule has 0 radical (unpaired) electrons. The zero-order chi connectivity index (χ0) is 14.9. The minimum absolute atomic E-state index is 0.191. The van der Waals surface area contributed by atoms with Crippen LogP contribution < -0.4 is 0 Å². The summed E-state index contributed by atoms with van der Waals surface area (Å²) in [5, 5.41) is 9.98. The molecule has 4 rings (SSSR count). The summed E-state index contributed by atoms with van der Waals surface area (Å²) in [5.74, 6) is 0.206. The van der Waals surface area contributed by atoms with Gasteiger partial charge in [0.15, 0.2) is 0 Å². The van der Waals surface area contributed by atoms with Crippen molar-refractivity contribution in [1.82, 2.24) is 4.98 Å². The molecule has 1 aliphatic heterocycles. The molecule has 0 atom stereocenters. The van der Waals surface area contributed by atoms with Gasteiger partial charge in [0.2, 0.25) is 5.89 Å². The Bertz CT molecular complexity index is 892. The van der Waals surface area contributed by atoms with E-state index in [2.05, 4.69) is 9.98 Å². The summed E-state index contributed by atoms with van der Waals surface area (Å²) in [7, 11) is 0. The van der Waals surface area contributed by atoms with Crippen LogP contribution in [-0.2, 0) is 0 Å². The lowest BCUT2D eigenvalue weighted by Crippen LogP contribution is -1.82. The van der Waals surface area contributed by atoms with Gasteiger partial charge in [0.05, 0.1) is 5.69 Å². The van der Waals surface area contributed by atoms with Gasteiger partial charge in [-0.25, -0.2) is 4.98 Å². The molecule has 0 saturated heterocycles. The van der Waals surface area contributed by atoms with Crippen LogP contribution in [0, 0.1) is 0 Å². The maximum atomic E-state index is 9.98. The Morgan fingerprint density at radius 3 is 2.59 bits per heavy atom. The van der Waals surface area contributed by atoms with Gasteiger partial charge in [-0.15, -0.1) is 0 Å². The number of aromatic hydroxyl groups is 1. The smallest absolute Gasteiger partial charge is 0.310 e. The summed E-state index contributed by atoms with van der Waals surface area (Å²) < 4.78 is 5.35. The highest BCUT2D eigenvalue weighted by molar-refractivity contribution is 6.21. The molecule has 2 aromatic carbocycles. The van der Waals surface area contributed by atoms with E-state index in [1.807, 2.05) is 54.6 Å². The molecular formula is C18H12N2O2. The maximum absolute atomic E-state index is 9.98. The molecule has 0 unspecified atom stereocenters. The van der Waals surface area contributed by atoms with E-state index in [1.54, 1.807) is 12.3 Å². The third-order valence-electron chi connectivity index (χ3n) is 3.51. The van der Waals surface area contributed by atoms with Gasteiger partial charge in [-0.3, -0.25) is 4.99 Å². The molecule has 0 amide bonds. The van der Waals surface area contributed by atoms with E-state index in [4.69, 9.17) is 4.42 Å². The van der Waals surface area contributed by atoms with Gasteiger partial charge in [-0.05, 0) is 24.3 Å². The fourth-order valence-corrected chi connectivity index (χ4v) is 2.42. The average molecular weight is 288 g/mol. The second-order valence-corrected chi connectivity index (χ2v) is 4.95. The Morgan fingerprint density at radius 2 is 1.73 bits per heavy atom. The number of aliphatic imine (C=N–C) groups is 1. The first kappa shape index (κ1) is 12.6. The lowest BCUT2D eigenvalue weighted by atomic mass is 10.1. The van der Waals surface area contributed by atoms with Crippen LogP contribution in [0.2, 0.25) is 0 Å². The van der Waals surface area contributed by atoms with Crippen LogP contribution in [-0.4, -0.2) is 16.3 Å². The van der Waals surface area contributed by atoms with Gasteiger partial charge in [0, 0.05) is 22.9 Å². The number of fused-ring (bicyclic) bond motifs is 1. The van der Waals surface area contributed by atoms with Crippen molar-refractivity contribution in [3.8, 4) is 17.4 Å². The van der Waals surface area contributed by atoms with Gasteiger partial charge < -0.3 is 9.52 Å². The van der Waals surface area contributed by atoms with Crippen molar-refractivity contribution in [3.63, 3.8) is 0 Å². The monoisotopic (exact) mass is 288 g/mol. The Hall–Kier alpha value is -3.14. The molecule has 1 aromatic heterocycles. The van der Waals surface area contributed by atoms with Crippen LogP contribution >= 0.6 is 0 Å². The number of nitrogens with zero attached hydrogens (tertiary/aromatic N) is 2. The molecule has 4 nitrogen and oxygen atoms in total. The molecule has 4 heteroatoms. The molecule has 2 heterocycles. The lowest BCUT2D eigenvalue weighted by Gasteiger charge is -1.97. The van der Waals surface area contributed by atoms with E-state index in [0.29, 0.717) is 11.6 Å². The standard InChI is InChI=1S/C18H12N2O2/c21-18-16(20-17(22-18)12-6-2-1-3-7-12)10-13-11-19-15-9-5-4-8-14(13)15/h1-11,21H. The highest BCUT2D eigenvalue weighted by Crippen LogP contribution is 2.34. The Labute approximate surface area is 127 Å². The molecule has 0 fully saturated rings. The quantitative estimate of drug-likeness (QED) is 0.764. The van der Waals surface area contributed by atoms with Crippen molar-refractivity contribution in [2.75, 3.05) is 0 Å². The van der Waals surface area contributed by atoms with E-state index >= 15 is 0 Å². The van der Waals surface area contributed by atoms with Gasteiger partial charge in [-0.2, -0.15) is 0 Å². The summed E-state index contributed by atoms with van der Waals surface area (Å²) >= 11 is 0. The average Bonchev–Trinajstić information content (AvgIpc) is 3.13. The Kier molecular flexibility index (Phi) is 2.86. The second-order valence-electron chi connectivity index (χ2n) is 4.95. The molecule has 106 valence electrons. The summed E-state index contributed by atoms with van der Waals surface area (Å²) in [6.45, 7) is 0. The van der Waals surface area contributed by atoms with Crippen LogP contribution in [0.4, 0.5) is 5.69 Å². The summed E-state index contributed by atoms with van der Waals surface area (Å²) in [6.07, 6.45) is 3.54. The molecule has 0 spiro atoms. The zero-order valence-electron chi connectivity index (χ0n) is 11.6. The number of benzene rings is 2. The number of hydrogen-bond donors (Lipinski definition) is 1. The van der Waals surface area contributed by atoms with Crippen LogP contribution in [0.15, 0.2) is 64.0 Å². The molecule has 3 aromatic rings. The van der Waals surface area contributed by atoms with E-state index in [1.165, 1.54) is 0 Å². The van der Waals surface area contributed by atoms with E-state index < -0.39 is 0 Å². The van der Waals surface area contributed by atoms with Gasteiger partial charge >= 0.3 is 5.95 Å². The third kappa shape index (κ3) is 2.11. The minimum atomic E-state index is -0.191. The predicted octanol–water partition coefficient (Wildman–Crippen LogP) is 4.30. The first-order chi connectivity index (χ1) is 10.8. The Morgan fingerprint density at radius 1 is 0.955 bits per heavy atom. The largest absolute Gasteiger partial charge is 0.479 e. The molecule has 22 heavy (non-hydrogen) atoms. The number of rotatable bonds is 2. The SMILES string of the molecule is Oc1oc(-c2ccccc2)nc1C=C1C=Nc2ccccc21. The first-order valence-electron chi connectivity index (χ1n) is 6.91. The highest BCUT2D eigenvalue weighted by atomic mass is 16.5. The summed E-state index contributed by atoms with van der Waals surface area (Å²) in [5.41, 5.74) is 4.06. The molecule has 0 aliphatic carbocycles. The van der Waals surface area contributed by atoms with Crippen molar-refractivity contribution in [2.45, 2.75) is 0 Å². The number of oxazole rings is 1. The summed E-state index contributed by atoms with van der Waals surface area (Å²) in [6, 6.07) is 17.3. The highest BCUT2D eigenvalue weighted by Gasteiger charge is 2.16. The molecule has 0 saturated carbocycles. The van der Waals surface area contributed by atoms with E-state index in [0.717, 1.165) is 22.4 Å². The Balaban J connectivity index is 1.75. The molecule has 1 N–H and O–H groups in total. The fraction of sp³-hybridized carbons (Fsp3) is 0. The van der Waals surface area contributed by atoms with Gasteiger partial charge in [0.1, 0.15) is 5.69 Å². The van der Waals surface area contributed by atoms with Crippen molar-refractivity contribution in [1.29, 1.82) is 0 Å². The lowest BCUT2D eigenvalue weighted by molar-refractivity contribution is 0.336. The third-order valence-corrected chi connectivity index (χ3v) is 3.51. The number of aromatic nitrogens is 1. The van der Waals surface area contributed by atoms with E-state index in [9.17, 15) is 5.11 Å². The van der Waals surface area contributed by atoms with Crippen molar-refractivity contribution in [2.24, 2.45) is 4.99 Å². The molecule has 0 bridgehead atoms. The maximum Gasteiger partial charge on any atom is 0.310 e. The fourth-order valence-electron chi connectivity index (χ4n) is 2.42. The van der Waals surface area contributed by atoms with Gasteiger partial charge in [0.25, 0.3) is 0 Å². The topological polar surface area (TPSA) is 58.6 Å². The zero-order valence-corrected chi connectivity index (χ0v) is 11.6. The predicted molar refractivity (Wildman–Crippen MR) is 86.1 cm³/mol. The number of hydrogen-bond acceptors (Lipinski definition) is 4. The van der Waals surface area contributed by atoms with Crippen LogP contribution in [0.25, 0.3) is 23.1 Å². The van der Waals surface area contributed by atoms with Crippen molar-refractivity contribution in [3.05, 3.63) is 65.9 Å². The van der Waals surface area contributed by atoms with Gasteiger partial charge in [-0.1, -0.05) is 36.4 Å². The normalized spacial score (nSPS) is 14.5. The second kappa shape index (κ2) is 5.00. The molecule has 1 aliphatic rings.